The molecule has 0 spiro atoms. The van der Waals surface area contributed by atoms with Crippen molar-refractivity contribution >= 4 is 0 Å². The fraction of sp³-hybridized carbons (Fsp3) is 0.700. The number of H-pyrrole nitrogens is 1. The second-order valence-corrected chi connectivity index (χ2v) is 3.43. The van der Waals surface area contributed by atoms with E-state index in [-0.39, 0.29) is 12.2 Å². The molecule has 14 heavy (non-hydrogen) atoms. The molecule has 4 nitrogen and oxygen atoms in total. The lowest BCUT2D eigenvalue weighted by molar-refractivity contribution is -0.0385. The Bertz CT molecular complexity index is 285. The summed E-state index contributed by atoms with van der Waals surface area (Å²) in [7, 11) is 0. The lowest BCUT2D eigenvalue weighted by atomic mass is 10.0. The molecular formula is C10H18N2O2. The van der Waals surface area contributed by atoms with Gasteiger partial charge in [0.1, 0.15) is 11.4 Å². The van der Waals surface area contributed by atoms with Crippen LogP contribution >= 0.6 is 0 Å². The van der Waals surface area contributed by atoms with Crippen LogP contribution in [0.2, 0.25) is 0 Å². The minimum atomic E-state index is -0.373. The molecule has 0 amide bonds. The van der Waals surface area contributed by atoms with Crippen molar-refractivity contribution in [2.45, 2.75) is 39.4 Å². The van der Waals surface area contributed by atoms with E-state index in [1.54, 1.807) is 6.20 Å². The number of rotatable bonds is 5. The molecule has 80 valence electrons. The predicted octanol–water partition coefficient (Wildman–Crippen LogP) is 1.56. The van der Waals surface area contributed by atoms with Crippen LogP contribution < -0.4 is 0 Å². The summed E-state index contributed by atoms with van der Waals surface area (Å²) in [6.45, 7) is 6.65. The van der Waals surface area contributed by atoms with Crippen molar-refractivity contribution in [3.8, 4) is 0 Å². The highest BCUT2D eigenvalue weighted by Gasteiger charge is 2.27. The van der Waals surface area contributed by atoms with Crippen molar-refractivity contribution < 1.29 is 9.84 Å². The van der Waals surface area contributed by atoms with Crippen LogP contribution in [0.15, 0.2) is 6.20 Å². The highest BCUT2D eigenvalue weighted by molar-refractivity contribution is 5.07. The van der Waals surface area contributed by atoms with Crippen LogP contribution in [0.3, 0.4) is 0 Å². The highest BCUT2D eigenvalue weighted by atomic mass is 16.5. The van der Waals surface area contributed by atoms with Crippen LogP contribution in [-0.4, -0.2) is 21.7 Å². The number of imidazole rings is 1. The van der Waals surface area contributed by atoms with Crippen molar-refractivity contribution in [2.75, 3.05) is 6.61 Å². The van der Waals surface area contributed by atoms with Gasteiger partial charge < -0.3 is 14.8 Å². The molecule has 1 aromatic rings. The fourth-order valence-corrected chi connectivity index (χ4v) is 1.36. The molecule has 0 saturated heterocycles. The molecule has 0 bridgehead atoms. The molecule has 0 fully saturated rings. The van der Waals surface area contributed by atoms with Gasteiger partial charge in [-0.1, -0.05) is 6.92 Å². The third kappa shape index (κ3) is 2.13. The van der Waals surface area contributed by atoms with Crippen molar-refractivity contribution in [1.82, 2.24) is 9.97 Å². The van der Waals surface area contributed by atoms with E-state index >= 15 is 0 Å². The Kier molecular flexibility index (Phi) is 3.66. The molecule has 1 aromatic heterocycles. The van der Waals surface area contributed by atoms with E-state index in [2.05, 4.69) is 16.9 Å². The first-order chi connectivity index (χ1) is 6.66. The maximum absolute atomic E-state index is 8.91. The molecule has 2 N–H and O–H groups in total. The van der Waals surface area contributed by atoms with Crippen molar-refractivity contribution in [1.29, 1.82) is 0 Å². The Hall–Kier alpha value is -0.870. The number of nitrogens with zero attached hydrogens (tertiary/aromatic N) is 1. The van der Waals surface area contributed by atoms with Gasteiger partial charge in [0.25, 0.3) is 0 Å². The van der Waals surface area contributed by atoms with Gasteiger partial charge in [0, 0.05) is 6.61 Å². The first-order valence-electron chi connectivity index (χ1n) is 4.95. The van der Waals surface area contributed by atoms with E-state index in [1.807, 2.05) is 13.8 Å². The van der Waals surface area contributed by atoms with Gasteiger partial charge in [0.15, 0.2) is 0 Å². The Labute approximate surface area is 84.3 Å². The van der Waals surface area contributed by atoms with E-state index in [9.17, 15) is 0 Å². The van der Waals surface area contributed by atoms with E-state index in [0.29, 0.717) is 6.61 Å². The third-order valence-corrected chi connectivity index (χ3v) is 2.44. The summed E-state index contributed by atoms with van der Waals surface area (Å²) in [5, 5.41) is 8.91. The highest BCUT2D eigenvalue weighted by Crippen LogP contribution is 2.26. The van der Waals surface area contributed by atoms with Gasteiger partial charge in [0.2, 0.25) is 0 Å². The molecule has 0 aliphatic carbocycles. The summed E-state index contributed by atoms with van der Waals surface area (Å²) in [5.41, 5.74) is 0.349. The first-order valence-corrected chi connectivity index (χ1v) is 4.95. The van der Waals surface area contributed by atoms with Gasteiger partial charge in [-0.2, -0.15) is 0 Å². The number of nitrogens with one attached hydrogen (secondary N) is 1. The summed E-state index contributed by atoms with van der Waals surface area (Å²) in [4.78, 5) is 7.26. The van der Waals surface area contributed by atoms with Crippen LogP contribution in [0.4, 0.5) is 0 Å². The summed E-state index contributed by atoms with van der Waals surface area (Å²) in [5.74, 6) is 0.783. The normalized spacial score (nSPS) is 15.4. The fourth-order valence-electron chi connectivity index (χ4n) is 1.36. The first kappa shape index (κ1) is 11.2. The number of aromatic amines is 1. The van der Waals surface area contributed by atoms with Crippen LogP contribution in [0.1, 0.15) is 38.7 Å². The SMILES string of the molecule is CCOC(C)(CC)c1ncc(CO)[nH]1. The molecule has 1 rings (SSSR count). The van der Waals surface area contributed by atoms with E-state index in [4.69, 9.17) is 9.84 Å². The molecule has 0 aromatic carbocycles. The standard InChI is InChI=1S/C10H18N2O2/c1-4-10(3,14-5-2)9-11-6-8(7-13)12-9/h6,13H,4-5,7H2,1-3H3,(H,11,12). The van der Waals surface area contributed by atoms with Gasteiger partial charge in [-0.25, -0.2) is 4.98 Å². The maximum atomic E-state index is 8.91. The number of ether oxygens (including phenoxy) is 1. The van der Waals surface area contributed by atoms with Gasteiger partial charge in [-0.05, 0) is 20.3 Å². The summed E-state index contributed by atoms with van der Waals surface area (Å²) >= 11 is 0. The Morgan fingerprint density at radius 2 is 2.29 bits per heavy atom. The molecule has 0 aliphatic rings. The second kappa shape index (κ2) is 4.57. The van der Waals surface area contributed by atoms with Gasteiger partial charge in [-0.3, -0.25) is 0 Å². The largest absolute Gasteiger partial charge is 0.390 e. The zero-order valence-corrected chi connectivity index (χ0v) is 9.00. The number of aliphatic hydroxyl groups is 1. The third-order valence-electron chi connectivity index (χ3n) is 2.44. The van der Waals surface area contributed by atoms with Crippen molar-refractivity contribution in [3.63, 3.8) is 0 Å². The van der Waals surface area contributed by atoms with Crippen LogP contribution in [0.25, 0.3) is 0 Å². The Balaban J connectivity index is 2.87. The van der Waals surface area contributed by atoms with Gasteiger partial charge in [0.05, 0.1) is 18.5 Å². The van der Waals surface area contributed by atoms with E-state index in [0.717, 1.165) is 17.9 Å². The zero-order chi connectivity index (χ0) is 10.6. The zero-order valence-electron chi connectivity index (χ0n) is 9.00. The Morgan fingerprint density at radius 3 is 2.71 bits per heavy atom. The number of hydrogen-bond donors (Lipinski definition) is 2. The average molecular weight is 198 g/mol. The number of aromatic nitrogens is 2. The quantitative estimate of drug-likeness (QED) is 0.755. The van der Waals surface area contributed by atoms with E-state index < -0.39 is 0 Å². The molecule has 4 heteroatoms. The van der Waals surface area contributed by atoms with Crippen molar-refractivity contribution in [2.24, 2.45) is 0 Å². The topological polar surface area (TPSA) is 58.1 Å². The smallest absolute Gasteiger partial charge is 0.138 e. The Morgan fingerprint density at radius 1 is 1.57 bits per heavy atom. The van der Waals surface area contributed by atoms with Crippen LogP contribution in [-0.2, 0) is 16.9 Å². The molecule has 0 saturated carbocycles. The lowest BCUT2D eigenvalue weighted by Gasteiger charge is -2.25. The minimum Gasteiger partial charge on any atom is -0.390 e. The monoisotopic (exact) mass is 198 g/mol. The summed E-state index contributed by atoms with van der Waals surface area (Å²) in [6, 6.07) is 0. The van der Waals surface area contributed by atoms with Crippen LogP contribution in [0, 0.1) is 0 Å². The number of aliphatic hydroxyl groups excluding tert-OH is 1. The average Bonchev–Trinajstić information content (AvgIpc) is 2.66. The summed E-state index contributed by atoms with van der Waals surface area (Å²) < 4.78 is 5.65. The maximum Gasteiger partial charge on any atom is 0.138 e. The minimum absolute atomic E-state index is 0.0150. The van der Waals surface area contributed by atoms with Crippen molar-refractivity contribution in [3.05, 3.63) is 17.7 Å². The predicted molar refractivity (Wildman–Crippen MR) is 53.8 cm³/mol. The molecule has 0 radical (unpaired) electrons. The summed E-state index contributed by atoms with van der Waals surface area (Å²) in [6.07, 6.45) is 2.49. The number of hydrogen-bond acceptors (Lipinski definition) is 3. The molecular weight excluding hydrogens is 180 g/mol. The lowest BCUT2D eigenvalue weighted by Crippen LogP contribution is -2.26. The van der Waals surface area contributed by atoms with E-state index in [1.165, 1.54) is 0 Å². The second-order valence-electron chi connectivity index (χ2n) is 3.43. The molecule has 1 atom stereocenters. The van der Waals surface area contributed by atoms with Gasteiger partial charge in [-0.15, -0.1) is 0 Å². The molecule has 0 aliphatic heterocycles. The van der Waals surface area contributed by atoms with Gasteiger partial charge >= 0.3 is 0 Å². The molecule has 1 unspecified atom stereocenters. The molecule has 1 heterocycles. The van der Waals surface area contributed by atoms with Crippen LogP contribution in [0.5, 0.6) is 0 Å².